The van der Waals surface area contributed by atoms with E-state index in [1.54, 1.807) is 11.5 Å². The standard InChI is InChI=1S/C10H11ClN4O/c1-5-12-8(11)7-9(13-5)14-10(16)15(7)4-6-2-3-6/h6H,2-4H2,1H3,(H,12,13,14,16). The van der Waals surface area contributed by atoms with E-state index in [9.17, 15) is 4.79 Å². The van der Waals surface area contributed by atoms with Gasteiger partial charge in [-0.1, -0.05) is 11.6 Å². The third-order valence-corrected chi connectivity index (χ3v) is 3.09. The molecule has 6 heteroatoms. The monoisotopic (exact) mass is 238 g/mol. The van der Waals surface area contributed by atoms with Gasteiger partial charge in [0.1, 0.15) is 11.3 Å². The second-order valence-electron chi connectivity index (χ2n) is 4.24. The number of aromatic amines is 1. The zero-order chi connectivity index (χ0) is 11.3. The number of fused-ring (bicyclic) bond motifs is 1. The molecule has 1 saturated carbocycles. The number of hydrogen-bond acceptors (Lipinski definition) is 3. The molecule has 2 aromatic heterocycles. The van der Waals surface area contributed by atoms with E-state index in [1.165, 1.54) is 12.8 Å². The lowest BCUT2D eigenvalue weighted by atomic mass is 10.4. The van der Waals surface area contributed by atoms with Crippen molar-refractivity contribution in [1.82, 2.24) is 19.5 Å². The predicted octanol–water partition coefficient (Wildman–Crippen LogP) is 1.49. The molecule has 1 aliphatic carbocycles. The quantitative estimate of drug-likeness (QED) is 0.807. The molecule has 0 unspecified atom stereocenters. The second-order valence-corrected chi connectivity index (χ2v) is 4.60. The highest BCUT2D eigenvalue weighted by atomic mass is 35.5. The number of halogens is 1. The van der Waals surface area contributed by atoms with Gasteiger partial charge in [-0.3, -0.25) is 9.55 Å². The van der Waals surface area contributed by atoms with Gasteiger partial charge < -0.3 is 0 Å². The van der Waals surface area contributed by atoms with E-state index in [-0.39, 0.29) is 5.69 Å². The van der Waals surface area contributed by atoms with Crippen LogP contribution in [0.3, 0.4) is 0 Å². The van der Waals surface area contributed by atoms with E-state index in [2.05, 4.69) is 15.0 Å². The first-order chi connectivity index (χ1) is 7.65. The van der Waals surface area contributed by atoms with Crippen molar-refractivity contribution in [2.75, 3.05) is 0 Å². The molecule has 0 bridgehead atoms. The average Bonchev–Trinajstić information content (AvgIpc) is 2.93. The summed E-state index contributed by atoms with van der Waals surface area (Å²) < 4.78 is 1.65. The van der Waals surface area contributed by atoms with Crippen LogP contribution in [0.1, 0.15) is 18.7 Å². The number of hydrogen-bond donors (Lipinski definition) is 1. The van der Waals surface area contributed by atoms with Crippen LogP contribution >= 0.6 is 11.6 Å². The molecule has 2 aromatic rings. The minimum atomic E-state index is -0.149. The molecule has 1 aliphatic rings. The predicted molar refractivity (Wildman–Crippen MR) is 60.6 cm³/mol. The molecule has 0 saturated heterocycles. The van der Waals surface area contributed by atoms with E-state index >= 15 is 0 Å². The third kappa shape index (κ3) is 1.51. The fourth-order valence-electron chi connectivity index (χ4n) is 1.86. The highest BCUT2D eigenvalue weighted by molar-refractivity contribution is 6.33. The highest BCUT2D eigenvalue weighted by Gasteiger charge is 2.24. The van der Waals surface area contributed by atoms with E-state index in [0.717, 1.165) is 0 Å². The van der Waals surface area contributed by atoms with E-state index in [4.69, 9.17) is 11.6 Å². The lowest BCUT2D eigenvalue weighted by Crippen LogP contribution is -2.17. The Bertz CT molecular complexity index is 611. The van der Waals surface area contributed by atoms with Crippen molar-refractivity contribution in [3.05, 3.63) is 21.5 Å². The second kappa shape index (κ2) is 3.31. The molecule has 5 nitrogen and oxygen atoms in total. The maximum Gasteiger partial charge on any atom is 0.327 e. The summed E-state index contributed by atoms with van der Waals surface area (Å²) in [6.07, 6.45) is 2.37. The van der Waals surface area contributed by atoms with Gasteiger partial charge >= 0.3 is 5.69 Å². The lowest BCUT2D eigenvalue weighted by molar-refractivity contribution is 0.624. The summed E-state index contributed by atoms with van der Waals surface area (Å²) in [7, 11) is 0. The van der Waals surface area contributed by atoms with E-state index in [1.807, 2.05) is 0 Å². The molecule has 0 atom stereocenters. The fourth-order valence-corrected chi connectivity index (χ4v) is 2.18. The first-order valence-electron chi connectivity index (χ1n) is 5.28. The van der Waals surface area contributed by atoms with Gasteiger partial charge in [-0.05, 0) is 25.7 Å². The maximum atomic E-state index is 11.7. The molecular formula is C10H11ClN4O. The number of H-pyrrole nitrogens is 1. The number of rotatable bonds is 2. The Kier molecular flexibility index (Phi) is 2.04. The van der Waals surface area contributed by atoms with Gasteiger partial charge in [0.15, 0.2) is 10.8 Å². The van der Waals surface area contributed by atoms with Crippen LogP contribution in [0.25, 0.3) is 11.2 Å². The fraction of sp³-hybridized carbons (Fsp3) is 0.500. The minimum Gasteiger partial charge on any atom is -0.290 e. The molecule has 0 aromatic carbocycles. The van der Waals surface area contributed by atoms with Crippen LogP contribution in [0.2, 0.25) is 5.15 Å². The summed E-state index contributed by atoms with van der Waals surface area (Å²) in [4.78, 5) is 22.7. The van der Waals surface area contributed by atoms with Crippen molar-refractivity contribution >= 4 is 22.8 Å². The number of nitrogens with one attached hydrogen (secondary N) is 1. The van der Waals surface area contributed by atoms with Crippen LogP contribution in [0.15, 0.2) is 4.79 Å². The van der Waals surface area contributed by atoms with Crippen LogP contribution in [0, 0.1) is 12.8 Å². The van der Waals surface area contributed by atoms with Gasteiger partial charge in [-0.2, -0.15) is 0 Å². The van der Waals surface area contributed by atoms with Crippen LogP contribution < -0.4 is 5.69 Å². The number of aromatic nitrogens is 4. The van der Waals surface area contributed by atoms with Crippen LogP contribution in [-0.2, 0) is 6.54 Å². The zero-order valence-corrected chi connectivity index (χ0v) is 9.58. The molecular weight excluding hydrogens is 228 g/mol. The topological polar surface area (TPSA) is 63.6 Å². The Morgan fingerprint density at radius 3 is 2.94 bits per heavy atom. The molecule has 0 spiro atoms. The number of imidazole rings is 1. The third-order valence-electron chi connectivity index (χ3n) is 2.83. The minimum absolute atomic E-state index is 0.149. The van der Waals surface area contributed by atoms with Crippen molar-refractivity contribution in [2.24, 2.45) is 5.92 Å². The zero-order valence-electron chi connectivity index (χ0n) is 8.83. The van der Waals surface area contributed by atoms with Crippen LogP contribution in [-0.4, -0.2) is 19.5 Å². The first kappa shape index (κ1) is 9.84. The summed E-state index contributed by atoms with van der Waals surface area (Å²) in [5.74, 6) is 1.17. The summed E-state index contributed by atoms with van der Waals surface area (Å²) in [6, 6.07) is 0. The highest BCUT2D eigenvalue weighted by Crippen LogP contribution is 2.31. The number of aryl methyl sites for hydroxylation is 1. The molecule has 3 rings (SSSR count). The average molecular weight is 239 g/mol. The molecule has 84 valence electrons. The maximum absolute atomic E-state index is 11.7. The Morgan fingerprint density at radius 1 is 1.50 bits per heavy atom. The normalized spacial score (nSPS) is 15.9. The van der Waals surface area contributed by atoms with Gasteiger partial charge in [-0.25, -0.2) is 14.8 Å². The Morgan fingerprint density at radius 2 is 2.25 bits per heavy atom. The van der Waals surface area contributed by atoms with Crippen molar-refractivity contribution in [3.8, 4) is 0 Å². The summed E-state index contributed by atoms with van der Waals surface area (Å²) in [5.41, 5.74) is 1.01. The van der Waals surface area contributed by atoms with Crippen LogP contribution in [0.4, 0.5) is 0 Å². The first-order valence-corrected chi connectivity index (χ1v) is 5.65. The van der Waals surface area contributed by atoms with Gasteiger partial charge in [0.05, 0.1) is 0 Å². The molecule has 2 heterocycles. The Labute approximate surface area is 96.5 Å². The smallest absolute Gasteiger partial charge is 0.290 e. The van der Waals surface area contributed by atoms with Gasteiger partial charge in [0.25, 0.3) is 0 Å². The number of nitrogens with zero attached hydrogens (tertiary/aromatic N) is 3. The van der Waals surface area contributed by atoms with E-state index < -0.39 is 0 Å². The molecule has 0 radical (unpaired) electrons. The summed E-state index contributed by atoms with van der Waals surface area (Å²) in [5, 5.41) is 0.349. The van der Waals surface area contributed by atoms with Gasteiger partial charge in [-0.15, -0.1) is 0 Å². The molecule has 1 fully saturated rings. The largest absolute Gasteiger partial charge is 0.327 e. The Hall–Kier alpha value is -1.36. The van der Waals surface area contributed by atoms with E-state index in [0.29, 0.717) is 34.6 Å². The van der Waals surface area contributed by atoms with Gasteiger partial charge in [0, 0.05) is 6.54 Å². The van der Waals surface area contributed by atoms with Crippen molar-refractivity contribution in [1.29, 1.82) is 0 Å². The van der Waals surface area contributed by atoms with Crippen molar-refractivity contribution in [2.45, 2.75) is 26.3 Å². The van der Waals surface area contributed by atoms with Crippen LogP contribution in [0.5, 0.6) is 0 Å². The SMILES string of the molecule is Cc1nc(Cl)c2c(n1)[nH]c(=O)n2CC1CC1. The molecule has 0 amide bonds. The van der Waals surface area contributed by atoms with Crippen molar-refractivity contribution < 1.29 is 0 Å². The molecule has 0 aliphatic heterocycles. The lowest BCUT2D eigenvalue weighted by Gasteiger charge is -2.02. The molecule has 16 heavy (non-hydrogen) atoms. The Balaban J connectivity index is 2.25. The summed E-state index contributed by atoms with van der Waals surface area (Å²) in [6.45, 7) is 2.47. The molecule has 1 N–H and O–H groups in total. The van der Waals surface area contributed by atoms with Crippen molar-refractivity contribution in [3.63, 3.8) is 0 Å². The summed E-state index contributed by atoms with van der Waals surface area (Å²) >= 11 is 6.05. The van der Waals surface area contributed by atoms with Gasteiger partial charge in [0.2, 0.25) is 0 Å².